The first kappa shape index (κ1) is 18.6. The standard InChI is InChI=1S/C17H23F2NO4/c1-17(2)11-20(9-14(10-21)24-17)15(22)7-6-12-4-3-5-13(8-12)23-16(18)19/h3-5,8,14,16,21H,6-7,9-11H2,1-2H3. The van der Waals surface area contributed by atoms with E-state index < -0.39 is 12.2 Å². The Hall–Kier alpha value is -1.73. The molecule has 5 nitrogen and oxygen atoms in total. The summed E-state index contributed by atoms with van der Waals surface area (Å²) in [4.78, 5) is 14.1. The van der Waals surface area contributed by atoms with E-state index in [0.29, 0.717) is 19.5 Å². The lowest BCUT2D eigenvalue weighted by molar-refractivity contribution is -0.166. The van der Waals surface area contributed by atoms with Crippen LogP contribution in [0.1, 0.15) is 25.8 Å². The molecule has 1 heterocycles. The van der Waals surface area contributed by atoms with E-state index >= 15 is 0 Å². The smallest absolute Gasteiger partial charge is 0.387 e. The van der Waals surface area contributed by atoms with Crippen LogP contribution in [0.15, 0.2) is 24.3 Å². The summed E-state index contributed by atoms with van der Waals surface area (Å²) in [5.74, 6) is 0.0350. The molecule has 0 spiro atoms. The lowest BCUT2D eigenvalue weighted by Gasteiger charge is -2.42. The molecule has 7 heteroatoms. The molecule has 1 saturated heterocycles. The first-order valence-corrected chi connectivity index (χ1v) is 7.89. The minimum atomic E-state index is -2.87. The van der Waals surface area contributed by atoms with Gasteiger partial charge in [0.2, 0.25) is 5.91 Å². The third-order valence-corrected chi connectivity index (χ3v) is 3.79. The number of hydrogen-bond acceptors (Lipinski definition) is 4. The van der Waals surface area contributed by atoms with Gasteiger partial charge in [-0.2, -0.15) is 8.78 Å². The fourth-order valence-electron chi connectivity index (χ4n) is 2.87. The summed E-state index contributed by atoms with van der Waals surface area (Å²) >= 11 is 0. The van der Waals surface area contributed by atoms with Crippen LogP contribution in [0.25, 0.3) is 0 Å². The van der Waals surface area contributed by atoms with Crippen LogP contribution < -0.4 is 4.74 Å². The van der Waals surface area contributed by atoms with Gasteiger partial charge in [0, 0.05) is 19.5 Å². The maximum absolute atomic E-state index is 12.4. The summed E-state index contributed by atoms with van der Waals surface area (Å²) in [7, 11) is 0. The maximum atomic E-state index is 12.4. The number of ether oxygens (including phenoxy) is 2. The average molecular weight is 343 g/mol. The van der Waals surface area contributed by atoms with E-state index in [1.54, 1.807) is 17.0 Å². The number of halogens is 2. The van der Waals surface area contributed by atoms with Gasteiger partial charge in [-0.3, -0.25) is 4.79 Å². The SMILES string of the molecule is CC1(C)CN(C(=O)CCc2cccc(OC(F)F)c2)CC(CO)O1. The van der Waals surface area contributed by atoms with E-state index in [1.807, 2.05) is 13.8 Å². The van der Waals surface area contributed by atoms with E-state index in [0.717, 1.165) is 5.56 Å². The fraction of sp³-hybridized carbons (Fsp3) is 0.588. The van der Waals surface area contributed by atoms with Crippen molar-refractivity contribution in [1.29, 1.82) is 0 Å². The molecule has 1 aliphatic heterocycles. The number of alkyl halides is 2. The molecular formula is C17H23F2NO4. The minimum absolute atomic E-state index is 0.0509. The van der Waals surface area contributed by atoms with Crippen molar-refractivity contribution in [1.82, 2.24) is 4.90 Å². The normalized spacial score (nSPS) is 20.2. The molecule has 0 saturated carbocycles. The Morgan fingerprint density at radius 2 is 2.25 bits per heavy atom. The largest absolute Gasteiger partial charge is 0.435 e. The van der Waals surface area contributed by atoms with Crippen molar-refractivity contribution < 1.29 is 28.2 Å². The molecule has 0 bridgehead atoms. The number of amides is 1. The Kier molecular flexibility index (Phi) is 6.12. The van der Waals surface area contributed by atoms with Crippen molar-refractivity contribution in [2.75, 3.05) is 19.7 Å². The van der Waals surface area contributed by atoms with Crippen LogP contribution in [-0.2, 0) is 16.0 Å². The second-order valence-corrected chi connectivity index (χ2v) is 6.48. The highest BCUT2D eigenvalue weighted by Gasteiger charge is 2.34. The zero-order chi connectivity index (χ0) is 17.7. The molecule has 1 aromatic rings. The Balaban J connectivity index is 1.93. The van der Waals surface area contributed by atoms with Crippen molar-refractivity contribution in [3.8, 4) is 5.75 Å². The number of aliphatic hydroxyl groups excluding tert-OH is 1. The van der Waals surface area contributed by atoms with Crippen LogP contribution in [0.2, 0.25) is 0 Å². The number of aryl methyl sites for hydroxylation is 1. The van der Waals surface area contributed by atoms with Crippen molar-refractivity contribution in [2.24, 2.45) is 0 Å². The van der Waals surface area contributed by atoms with E-state index in [1.165, 1.54) is 12.1 Å². The zero-order valence-corrected chi connectivity index (χ0v) is 13.9. The van der Waals surface area contributed by atoms with Crippen LogP contribution in [0.4, 0.5) is 8.78 Å². The number of morpholine rings is 1. The molecule has 2 rings (SSSR count). The van der Waals surface area contributed by atoms with Gasteiger partial charge < -0.3 is 19.5 Å². The summed E-state index contributed by atoms with van der Waals surface area (Å²) in [6, 6.07) is 6.36. The summed E-state index contributed by atoms with van der Waals surface area (Å²) in [5.41, 5.74) is 0.250. The average Bonchev–Trinajstić information content (AvgIpc) is 2.50. The second kappa shape index (κ2) is 7.90. The number of nitrogens with zero attached hydrogens (tertiary/aromatic N) is 1. The number of rotatable bonds is 6. The molecule has 0 radical (unpaired) electrons. The van der Waals surface area contributed by atoms with E-state index in [9.17, 15) is 18.7 Å². The van der Waals surface area contributed by atoms with Gasteiger partial charge in [-0.25, -0.2) is 0 Å². The summed E-state index contributed by atoms with van der Waals surface area (Å²) in [5, 5.41) is 9.30. The fourth-order valence-corrected chi connectivity index (χ4v) is 2.87. The van der Waals surface area contributed by atoms with Gasteiger partial charge in [-0.05, 0) is 38.0 Å². The highest BCUT2D eigenvalue weighted by molar-refractivity contribution is 5.76. The minimum Gasteiger partial charge on any atom is -0.435 e. The predicted molar refractivity (Wildman–Crippen MR) is 84.0 cm³/mol. The Morgan fingerprint density at radius 3 is 2.92 bits per heavy atom. The van der Waals surface area contributed by atoms with Crippen LogP contribution >= 0.6 is 0 Å². The summed E-state index contributed by atoms with van der Waals surface area (Å²) in [6.07, 6.45) is 0.299. The lowest BCUT2D eigenvalue weighted by Crippen LogP contribution is -2.55. The van der Waals surface area contributed by atoms with Crippen molar-refractivity contribution in [2.45, 2.75) is 45.0 Å². The van der Waals surface area contributed by atoms with Crippen molar-refractivity contribution in [3.63, 3.8) is 0 Å². The second-order valence-electron chi connectivity index (χ2n) is 6.48. The van der Waals surface area contributed by atoms with Crippen LogP contribution in [-0.4, -0.2) is 53.9 Å². The third-order valence-electron chi connectivity index (χ3n) is 3.79. The molecule has 24 heavy (non-hydrogen) atoms. The number of carbonyl (C=O) groups excluding carboxylic acids is 1. The van der Waals surface area contributed by atoms with E-state index in [-0.39, 0.29) is 30.8 Å². The Morgan fingerprint density at radius 1 is 1.50 bits per heavy atom. The molecule has 1 aliphatic rings. The third kappa shape index (κ3) is 5.42. The summed E-state index contributed by atoms with van der Waals surface area (Å²) < 4.78 is 34.5. The Labute approximate surface area is 140 Å². The lowest BCUT2D eigenvalue weighted by atomic mass is 10.0. The number of hydrogen-bond donors (Lipinski definition) is 1. The molecule has 1 unspecified atom stereocenters. The number of benzene rings is 1. The van der Waals surface area contributed by atoms with Crippen molar-refractivity contribution in [3.05, 3.63) is 29.8 Å². The molecule has 1 aromatic carbocycles. The molecule has 1 fully saturated rings. The van der Waals surface area contributed by atoms with E-state index in [2.05, 4.69) is 4.74 Å². The van der Waals surface area contributed by atoms with Gasteiger partial charge >= 0.3 is 6.61 Å². The quantitative estimate of drug-likeness (QED) is 0.860. The van der Waals surface area contributed by atoms with Gasteiger partial charge in [-0.1, -0.05) is 12.1 Å². The van der Waals surface area contributed by atoms with Gasteiger partial charge in [0.1, 0.15) is 5.75 Å². The highest BCUT2D eigenvalue weighted by atomic mass is 19.3. The highest BCUT2D eigenvalue weighted by Crippen LogP contribution is 2.22. The van der Waals surface area contributed by atoms with Gasteiger partial charge in [0.15, 0.2) is 0 Å². The van der Waals surface area contributed by atoms with Gasteiger partial charge in [0.05, 0.1) is 18.3 Å². The number of carbonyl (C=O) groups is 1. The first-order chi connectivity index (χ1) is 11.3. The molecule has 1 N–H and O–H groups in total. The van der Waals surface area contributed by atoms with Gasteiger partial charge in [0.25, 0.3) is 0 Å². The molecule has 1 atom stereocenters. The van der Waals surface area contributed by atoms with Crippen LogP contribution in [0.5, 0.6) is 5.75 Å². The topological polar surface area (TPSA) is 59.0 Å². The molecule has 0 aliphatic carbocycles. The molecule has 1 amide bonds. The zero-order valence-electron chi connectivity index (χ0n) is 13.9. The maximum Gasteiger partial charge on any atom is 0.387 e. The van der Waals surface area contributed by atoms with Gasteiger partial charge in [-0.15, -0.1) is 0 Å². The molecule has 0 aromatic heterocycles. The predicted octanol–water partition coefficient (Wildman–Crippen LogP) is 2.22. The van der Waals surface area contributed by atoms with Crippen LogP contribution in [0.3, 0.4) is 0 Å². The van der Waals surface area contributed by atoms with Crippen molar-refractivity contribution >= 4 is 5.91 Å². The summed E-state index contributed by atoms with van der Waals surface area (Å²) in [6.45, 7) is 1.55. The molecular weight excluding hydrogens is 320 g/mol. The monoisotopic (exact) mass is 343 g/mol. The molecule has 134 valence electrons. The van der Waals surface area contributed by atoms with Crippen LogP contribution in [0, 0.1) is 0 Å². The first-order valence-electron chi connectivity index (χ1n) is 7.89. The van der Waals surface area contributed by atoms with E-state index in [4.69, 9.17) is 4.74 Å². The number of aliphatic hydroxyl groups is 1. The Bertz CT molecular complexity index is 565.